The summed E-state index contributed by atoms with van der Waals surface area (Å²) in [5, 5.41) is 3.39. The van der Waals surface area contributed by atoms with Crippen LogP contribution in [0.4, 0.5) is 0 Å². The van der Waals surface area contributed by atoms with E-state index < -0.39 is 5.54 Å². The first-order chi connectivity index (χ1) is 10.1. The van der Waals surface area contributed by atoms with Crippen molar-refractivity contribution in [1.29, 1.82) is 0 Å². The molecule has 124 valence electrons. The van der Waals surface area contributed by atoms with Crippen molar-refractivity contribution in [3.05, 3.63) is 0 Å². The van der Waals surface area contributed by atoms with E-state index in [-0.39, 0.29) is 5.91 Å². The number of hydrogen-bond acceptors (Lipinski definition) is 3. The van der Waals surface area contributed by atoms with Gasteiger partial charge in [-0.2, -0.15) is 0 Å². The third kappa shape index (κ3) is 5.26. The standard InChI is InChI=1S/C17H35N3O/c1-4-7-12-20(13-8-5-2)15-10-9-11-17(14-15,16(18)21)19-6-3/h15,19H,4-14H2,1-3H3,(H2,18,21). The van der Waals surface area contributed by atoms with Crippen molar-refractivity contribution in [1.82, 2.24) is 10.2 Å². The zero-order valence-electron chi connectivity index (χ0n) is 14.3. The van der Waals surface area contributed by atoms with E-state index in [0.717, 1.165) is 38.9 Å². The van der Waals surface area contributed by atoms with Gasteiger partial charge in [-0.1, -0.05) is 33.6 Å². The van der Waals surface area contributed by atoms with Gasteiger partial charge < -0.3 is 16.0 Å². The van der Waals surface area contributed by atoms with Crippen molar-refractivity contribution < 1.29 is 4.79 Å². The third-order valence-electron chi connectivity index (χ3n) is 4.83. The average molecular weight is 297 g/mol. The Labute approximate surface area is 130 Å². The molecule has 0 aromatic heterocycles. The fraction of sp³-hybridized carbons (Fsp3) is 0.941. The van der Waals surface area contributed by atoms with E-state index in [9.17, 15) is 4.79 Å². The Kier molecular flexibility index (Phi) is 8.27. The molecule has 0 radical (unpaired) electrons. The number of nitrogens with one attached hydrogen (secondary N) is 1. The molecule has 4 nitrogen and oxygen atoms in total. The predicted molar refractivity (Wildman–Crippen MR) is 89.2 cm³/mol. The summed E-state index contributed by atoms with van der Waals surface area (Å²) >= 11 is 0. The smallest absolute Gasteiger partial charge is 0.237 e. The molecule has 3 N–H and O–H groups in total. The molecule has 0 aliphatic heterocycles. The minimum atomic E-state index is -0.478. The maximum absolute atomic E-state index is 12.0. The second-order valence-corrected chi connectivity index (χ2v) is 6.47. The number of nitrogens with two attached hydrogens (primary N) is 1. The maximum Gasteiger partial charge on any atom is 0.237 e. The zero-order chi connectivity index (χ0) is 15.7. The van der Waals surface area contributed by atoms with Crippen LogP contribution in [0, 0.1) is 0 Å². The van der Waals surface area contributed by atoms with E-state index >= 15 is 0 Å². The lowest BCUT2D eigenvalue weighted by atomic mass is 9.77. The van der Waals surface area contributed by atoms with Crippen LogP contribution in [0.5, 0.6) is 0 Å². The minimum Gasteiger partial charge on any atom is -0.368 e. The van der Waals surface area contributed by atoms with Gasteiger partial charge in [0.25, 0.3) is 0 Å². The number of amides is 1. The van der Waals surface area contributed by atoms with Crippen LogP contribution < -0.4 is 11.1 Å². The number of nitrogens with zero attached hydrogens (tertiary/aromatic N) is 1. The Balaban J connectivity index is 2.75. The van der Waals surface area contributed by atoms with E-state index in [2.05, 4.69) is 31.0 Å². The topological polar surface area (TPSA) is 58.4 Å². The van der Waals surface area contributed by atoms with Crippen molar-refractivity contribution in [2.24, 2.45) is 5.73 Å². The molecule has 0 aromatic rings. The average Bonchev–Trinajstić information content (AvgIpc) is 2.48. The Hall–Kier alpha value is -0.610. The zero-order valence-corrected chi connectivity index (χ0v) is 14.3. The molecule has 1 saturated carbocycles. The molecule has 1 rings (SSSR count). The summed E-state index contributed by atoms with van der Waals surface area (Å²) in [6.45, 7) is 9.65. The second kappa shape index (κ2) is 9.42. The van der Waals surface area contributed by atoms with Crippen LogP contribution in [0.15, 0.2) is 0 Å². The van der Waals surface area contributed by atoms with Crippen LogP contribution in [0.3, 0.4) is 0 Å². The minimum absolute atomic E-state index is 0.167. The van der Waals surface area contributed by atoms with Crippen LogP contribution in [-0.2, 0) is 4.79 Å². The van der Waals surface area contributed by atoms with Gasteiger partial charge in [0.15, 0.2) is 0 Å². The van der Waals surface area contributed by atoms with E-state index in [1.54, 1.807) is 0 Å². The monoisotopic (exact) mass is 297 g/mol. The molecule has 1 aliphatic carbocycles. The van der Waals surface area contributed by atoms with Gasteiger partial charge in [0.1, 0.15) is 0 Å². The lowest BCUT2D eigenvalue weighted by molar-refractivity contribution is -0.126. The van der Waals surface area contributed by atoms with Crippen LogP contribution in [0.2, 0.25) is 0 Å². The molecule has 21 heavy (non-hydrogen) atoms. The van der Waals surface area contributed by atoms with Crippen LogP contribution in [0.25, 0.3) is 0 Å². The first-order valence-electron chi connectivity index (χ1n) is 8.88. The van der Waals surface area contributed by atoms with Crippen LogP contribution in [-0.4, -0.2) is 42.0 Å². The SMILES string of the molecule is CCCCN(CCCC)C1CCCC(NCC)(C(N)=O)C1. The molecule has 0 aromatic carbocycles. The van der Waals surface area contributed by atoms with E-state index in [0.29, 0.717) is 6.04 Å². The van der Waals surface area contributed by atoms with E-state index in [1.807, 2.05) is 0 Å². The number of carbonyl (C=O) groups excluding carboxylic acids is 1. The van der Waals surface area contributed by atoms with Crippen molar-refractivity contribution in [3.63, 3.8) is 0 Å². The molecular weight excluding hydrogens is 262 g/mol. The molecule has 2 atom stereocenters. The van der Waals surface area contributed by atoms with Crippen molar-refractivity contribution in [2.75, 3.05) is 19.6 Å². The van der Waals surface area contributed by atoms with E-state index in [1.165, 1.54) is 32.1 Å². The maximum atomic E-state index is 12.0. The van der Waals surface area contributed by atoms with Gasteiger partial charge in [0.2, 0.25) is 5.91 Å². The molecule has 1 amide bonds. The molecule has 2 unspecified atom stereocenters. The second-order valence-electron chi connectivity index (χ2n) is 6.47. The number of unbranched alkanes of at least 4 members (excludes halogenated alkanes) is 2. The summed E-state index contributed by atoms with van der Waals surface area (Å²) in [4.78, 5) is 14.6. The Bertz CT molecular complexity index is 296. The summed E-state index contributed by atoms with van der Waals surface area (Å²) < 4.78 is 0. The highest BCUT2D eigenvalue weighted by Gasteiger charge is 2.42. The Morgan fingerprint density at radius 1 is 1.24 bits per heavy atom. The third-order valence-corrected chi connectivity index (χ3v) is 4.83. The summed E-state index contributed by atoms with van der Waals surface area (Å²) in [5.74, 6) is -0.167. The number of primary amides is 1. The summed E-state index contributed by atoms with van der Waals surface area (Å²) in [7, 11) is 0. The number of rotatable bonds is 10. The van der Waals surface area contributed by atoms with Crippen molar-refractivity contribution in [2.45, 2.75) is 83.7 Å². The predicted octanol–water partition coefficient (Wildman–Crippen LogP) is 2.66. The molecule has 0 bridgehead atoms. The highest BCUT2D eigenvalue weighted by molar-refractivity contribution is 5.84. The summed E-state index contributed by atoms with van der Waals surface area (Å²) in [6, 6.07) is 0.503. The lowest BCUT2D eigenvalue weighted by Gasteiger charge is -2.43. The highest BCUT2D eigenvalue weighted by atomic mass is 16.1. The van der Waals surface area contributed by atoms with Gasteiger partial charge in [0.05, 0.1) is 5.54 Å². The van der Waals surface area contributed by atoms with Crippen LogP contribution >= 0.6 is 0 Å². The van der Waals surface area contributed by atoms with Gasteiger partial charge in [-0.05, 0) is 58.2 Å². The number of hydrogen-bond donors (Lipinski definition) is 2. The number of likely N-dealkylation sites (N-methyl/N-ethyl adjacent to an activating group) is 1. The fourth-order valence-corrected chi connectivity index (χ4v) is 3.57. The van der Waals surface area contributed by atoms with Gasteiger partial charge in [-0.15, -0.1) is 0 Å². The Morgan fingerprint density at radius 2 is 1.86 bits per heavy atom. The van der Waals surface area contributed by atoms with Gasteiger partial charge in [0, 0.05) is 6.04 Å². The molecule has 4 heteroatoms. The molecule has 1 aliphatic rings. The van der Waals surface area contributed by atoms with Gasteiger partial charge >= 0.3 is 0 Å². The van der Waals surface area contributed by atoms with Crippen molar-refractivity contribution in [3.8, 4) is 0 Å². The largest absolute Gasteiger partial charge is 0.368 e. The van der Waals surface area contributed by atoms with E-state index in [4.69, 9.17) is 5.73 Å². The van der Waals surface area contributed by atoms with Crippen LogP contribution in [0.1, 0.15) is 72.1 Å². The molecule has 1 fully saturated rings. The fourth-order valence-electron chi connectivity index (χ4n) is 3.57. The quantitative estimate of drug-likeness (QED) is 0.652. The molecular formula is C17H35N3O. The highest BCUT2D eigenvalue weighted by Crippen LogP contribution is 2.31. The first-order valence-corrected chi connectivity index (χ1v) is 8.88. The van der Waals surface area contributed by atoms with Gasteiger partial charge in [-0.25, -0.2) is 0 Å². The van der Waals surface area contributed by atoms with Crippen molar-refractivity contribution >= 4 is 5.91 Å². The Morgan fingerprint density at radius 3 is 2.33 bits per heavy atom. The normalized spacial score (nSPS) is 26.2. The first kappa shape index (κ1) is 18.4. The lowest BCUT2D eigenvalue weighted by Crippen LogP contribution is -2.60. The summed E-state index contributed by atoms with van der Waals surface area (Å²) in [5.41, 5.74) is 5.25. The van der Waals surface area contributed by atoms with Gasteiger partial charge in [-0.3, -0.25) is 4.79 Å². The number of carbonyl (C=O) groups is 1. The molecule has 0 spiro atoms. The molecule has 0 heterocycles. The molecule has 0 saturated heterocycles. The summed E-state index contributed by atoms with van der Waals surface area (Å²) in [6.07, 6.45) is 9.00.